The van der Waals surface area contributed by atoms with Gasteiger partial charge in [-0.1, -0.05) is 29.8 Å². The molecule has 1 amide bonds. The van der Waals surface area contributed by atoms with Crippen molar-refractivity contribution >= 4 is 52.0 Å². The molecular weight excluding hydrogens is 426 g/mol. The number of halogens is 1. The van der Waals surface area contributed by atoms with E-state index in [0.29, 0.717) is 27.6 Å². The number of carbonyl (C=O) groups is 1. The first-order chi connectivity index (χ1) is 14.1. The maximum Gasteiger partial charge on any atom is 0.252 e. The molecular formula is C20H18ClN5OS2. The molecule has 0 spiro atoms. The second-order valence-corrected chi connectivity index (χ2v) is 8.47. The predicted molar refractivity (Wildman–Crippen MR) is 119 cm³/mol. The summed E-state index contributed by atoms with van der Waals surface area (Å²) in [5, 5.41) is 10.8. The number of benzene rings is 1. The molecule has 0 aliphatic rings. The zero-order chi connectivity index (χ0) is 20.4. The number of rotatable bonds is 6. The number of hydrogen-bond acceptors (Lipinski definition) is 5. The van der Waals surface area contributed by atoms with E-state index in [-0.39, 0.29) is 5.91 Å². The molecule has 1 aromatic carbocycles. The average Bonchev–Trinajstić information content (AvgIpc) is 3.32. The summed E-state index contributed by atoms with van der Waals surface area (Å²) in [6.07, 6.45) is 0.586. The maximum absolute atomic E-state index is 13.0. The molecule has 3 heterocycles. The zero-order valence-electron chi connectivity index (χ0n) is 15.6. The molecule has 4 aromatic rings. The fourth-order valence-corrected chi connectivity index (χ4v) is 4.48. The van der Waals surface area contributed by atoms with Crippen LogP contribution in [0.3, 0.4) is 0 Å². The minimum Gasteiger partial charge on any atom is -0.352 e. The monoisotopic (exact) mass is 443 g/mol. The molecule has 3 aromatic heterocycles. The highest BCUT2D eigenvalue weighted by Crippen LogP contribution is 2.32. The lowest BCUT2D eigenvalue weighted by Crippen LogP contribution is -2.27. The Balaban J connectivity index is 1.60. The normalized spacial score (nSPS) is 11.1. The van der Waals surface area contributed by atoms with Gasteiger partial charge in [0.05, 0.1) is 26.0 Å². The van der Waals surface area contributed by atoms with Gasteiger partial charge in [0, 0.05) is 24.9 Å². The predicted octanol–water partition coefficient (Wildman–Crippen LogP) is 4.86. The van der Waals surface area contributed by atoms with Crippen LogP contribution in [-0.4, -0.2) is 32.2 Å². The third-order valence-corrected chi connectivity index (χ3v) is 6.14. The summed E-state index contributed by atoms with van der Waals surface area (Å²) in [6, 6.07) is 13.2. The van der Waals surface area contributed by atoms with E-state index in [2.05, 4.69) is 15.5 Å². The number of pyridine rings is 1. The number of nitrogens with one attached hydrogen (secondary N) is 2. The van der Waals surface area contributed by atoms with Gasteiger partial charge in [-0.15, -0.1) is 11.3 Å². The van der Waals surface area contributed by atoms with Gasteiger partial charge in [-0.05, 0) is 43.4 Å². The molecule has 0 radical (unpaired) electrons. The third kappa shape index (κ3) is 4.10. The molecule has 4 rings (SSSR count). The lowest BCUT2D eigenvalue weighted by molar-refractivity contribution is 0.0955. The van der Waals surface area contributed by atoms with Crippen molar-refractivity contribution in [3.8, 4) is 10.6 Å². The van der Waals surface area contributed by atoms with Crippen molar-refractivity contribution in [2.75, 3.05) is 6.54 Å². The van der Waals surface area contributed by atoms with Crippen molar-refractivity contribution in [1.82, 2.24) is 25.1 Å². The summed E-state index contributed by atoms with van der Waals surface area (Å²) in [5.41, 5.74) is 2.09. The van der Waals surface area contributed by atoms with Crippen molar-refractivity contribution < 1.29 is 4.79 Å². The molecule has 0 saturated carbocycles. The number of aromatic amines is 1. The Morgan fingerprint density at radius 3 is 2.90 bits per heavy atom. The number of H-pyrrole nitrogens is 1. The molecule has 0 aliphatic carbocycles. The summed E-state index contributed by atoms with van der Waals surface area (Å²) in [4.78, 5) is 18.6. The second-order valence-electron chi connectivity index (χ2n) is 6.37. The summed E-state index contributed by atoms with van der Waals surface area (Å²) >= 11 is 12.7. The van der Waals surface area contributed by atoms with Crippen LogP contribution in [0.25, 0.3) is 21.5 Å². The van der Waals surface area contributed by atoms with Gasteiger partial charge in [0.2, 0.25) is 0 Å². The molecule has 29 heavy (non-hydrogen) atoms. The van der Waals surface area contributed by atoms with Crippen molar-refractivity contribution in [3.63, 3.8) is 0 Å². The Morgan fingerprint density at radius 2 is 2.14 bits per heavy atom. The molecule has 0 bridgehead atoms. The SMILES string of the molecule is CCn1c(CCNC(=O)c2cc(-c3ccc(Cl)s3)nc3ccccc23)n[nH]c1=S. The van der Waals surface area contributed by atoms with Gasteiger partial charge in [0.25, 0.3) is 5.91 Å². The first kappa shape index (κ1) is 19.8. The van der Waals surface area contributed by atoms with Crippen LogP contribution < -0.4 is 5.32 Å². The number of para-hydroxylation sites is 1. The number of fused-ring (bicyclic) bond motifs is 1. The maximum atomic E-state index is 13.0. The molecule has 0 saturated heterocycles. The summed E-state index contributed by atoms with van der Waals surface area (Å²) in [6.45, 7) is 3.20. The molecule has 0 fully saturated rings. The van der Waals surface area contributed by atoms with E-state index in [9.17, 15) is 4.79 Å². The Hall–Kier alpha value is -2.55. The minimum absolute atomic E-state index is 0.148. The number of aromatic nitrogens is 4. The quantitative estimate of drug-likeness (QED) is 0.417. The van der Waals surface area contributed by atoms with E-state index in [1.54, 1.807) is 0 Å². The van der Waals surface area contributed by atoms with Gasteiger partial charge in [0.1, 0.15) is 5.82 Å². The van der Waals surface area contributed by atoms with Gasteiger partial charge >= 0.3 is 0 Å². The van der Waals surface area contributed by atoms with E-state index < -0.39 is 0 Å². The lowest BCUT2D eigenvalue weighted by Gasteiger charge is -2.10. The third-order valence-electron chi connectivity index (χ3n) is 4.57. The highest BCUT2D eigenvalue weighted by atomic mass is 35.5. The lowest BCUT2D eigenvalue weighted by atomic mass is 10.1. The Morgan fingerprint density at radius 1 is 1.31 bits per heavy atom. The largest absolute Gasteiger partial charge is 0.352 e. The van der Waals surface area contributed by atoms with Crippen LogP contribution in [0.5, 0.6) is 0 Å². The molecule has 2 N–H and O–H groups in total. The average molecular weight is 444 g/mol. The van der Waals surface area contributed by atoms with Crippen LogP contribution in [0.4, 0.5) is 0 Å². The van der Waals surface area contributed by atoms with Crippen LogP contribution in [0.2, 0.25) is 4.34 Å². The molecule has 0 aliphatic heterocycles. The van der Waals surface area contributed by atoms with E-state index >= 15 is 0 Å². The second kappa shape index (κ2) is 8.44. The Labute approximate surface area is 181 Å². The first-order valence-corrected chi connectivity index (χ1v) is 10.7. The molecule has 6 nitrogen and oxygen atoms in total. The topological polar surface area (TPSA) is 75.6 Å². The first-order valence-electron chi connectivity index (χ1n) is 9.14. The summed E-state index contributed by atoms with van der Waals surface area (Å²) < 4.78 is 3.20. The van der Waals surface area contributed by atoms with Crippen LogP contribution in [0.15, 0.2) is 42.5 Å². The summed E-state index contributed by atoms with van der Waals surface area (Å²) in [7, 11) is 0. The van der Waals surface area contributed by atoms with Crippen LogP contribution in [-0.2, 0) is 13.0 Å². The smallest absolute Gasteiger partial charge is 0.252 e. The van der Waals surface area contributed by atoms with Gasteiger partial charge in [-0.3, -0.25) is 9.89 Å². The van der Waals surface area contributed by atoms with Gasteiger partial charge in [-0.2, -0.15) is 5.10 Å². The van der Waals surface area contributed by atoms with Crippen LogP contribution >= 0.6 is 35.2 Å². The Bertz CT molecular complexity index is 1240. The fraction of sp³-hybridized carbons (Fsp3) is 0.200. The number of carbonyl (C=O) groups excluding carboxylic acids is 1. The Kier molecular flexibility index (Phi) is 5.75. The van der Waals surface area contributed by atoms with E-state index in [4.69, 9.17) is 28.8 Å². The number of thiophene rings is 1. The fourth-order valence-electron chi connectivity index (χ4n) is 3.19. The van der Waals surface area contributed by atoms with E-state index in [0.717, 1.165) is 33.8 Å². The van der Waals surface area contributed by atoms with Crippen LogP contribution in [0.1, 0.15) is 23.1 Å². The number of nitrogens with zero attached hydrogens (tertiary/aromatic N) is 3. The standard InChI is InChI=1S/C20H18ClN5OS2/c1-2-26-18(24-25-20(26)28)9-10-22-19(27)13-11-15(16-7-8-17(21)29-16)23-14-6-4-3-5-12(13)14/h3-8,11H,2,9-10H2,1H3,(H,22,27)(H,25,28). The highest BCUT2D eigenvalue weighted by molar-refractivity contribution is 7.71. The molecule has 9 heteroatoms. The molecule has 0 unspecified atom stereocenters. The van der Waals surface area contributed by atoms with Crippen molar-refractivity contribution in [2.45, 2.75) is 19.9 Å². The van der Waals surface area contributed by atoms with Crippen molar-refractivity contribution in [1.29, 1.82) is 0 Å². The zero-order valence-corrected chi connectivity index (χ0v) is 18.0. The van der Waals surface area contributed by atoms with Gasteiger partial charge < -0.3 is 9.88 Å². The van der Waals surface area contributed by atoms with E-state index in [1.807, 2.05) is 54.0 Å². The molecule has 0 atom stereocenters. The number of hydrogen-bond donors (Lipinski definition) is 2. The highest BCUT2D eigenvalue weighted by Gasteiger charge is 2.15. The van der Waals surface area contributed by atoms with E-state index in [1.165, 1.54) is 11.3 Å². The van der Waals surface area contributed by atoms with Crippen molar-refractivity contribution in [2.24, 2.45) is 0 Å². The number of amides is 1. The van der Waals surface area contributed by atoms with Gasteiger partial charge in [0.15, 0.2) is 4.77 Å². The minimum atomic E-state index is -0.148. The van der Waals surface area contributed by atoms with Crippen molar-refractivity contribution in [3.05, 3.63) is 63.0 Å². The summed E-state index contributed by atoms with van der Waals surface area (Å²) in [5.74, 6) is 0.677. The molecule has 148 valence electrons. The van der Waals surface area contributed by atoms with Crippen LogP contribution in [0, 0.1) is 4.77 Å². The van der Waals surface area contributed by atoms with Gasteiger partial charge in [-0.25, -0.2) is 4.98 Å².